The molecule has 0 bridgehead atoms. The van der Waals surface area contributed by atoms with Gasteiger partial charge >= 0.3 is 0 Å². The number of nitrogens with two attached hydrogens (primary N) is 2. The van der Waals surface area contributed by atoms with E-state index in [9.17, 15) is 0 Å². The van der Waals surface area contributed by atoms with E-state index in [0.29, 0.717) is 5.69 Å². The van der Waals surface area contributed by atoms with Crippen LogP contribution in [-0.2, 0) is 0 Å². The van der Waals surface area contributed by atoms with Gasteiger partial charge in [-0.2, -0.15) is 0 Å². The van der Waals surface area contributed by atoms with Gasteiger partial charge in [0.25, 0.3) is 0 Å². The third kappa shape index (κ3) is 3.15. The van der Waals surface area contributed by atoms with Crippen LogP contribution in [0.15, 0.2) is 36.4 Å². The predicted molar refractivity (Wildman–Crippen MR) is 81.9 cm³/mol. The van der Waals surface area contributed by atoms with Crippen molar-refractivity contribution in [1.29, 1.82) is 0 Å². The minimum atomic E-state index is -0.418. The van der Waals surface area contributed by atoms with Gasteiger partial charge in [0, 0.05) is 23.9 Å². The zero-order valence-corrected chi connectivity index (χ0v) is 12.0. The second-order valence-corrected chi connectivity index (χ2v) is 4.79. The van der Waals surface area contributed by atoms with Crippen molar-refractivity contribution >= 4 is 11.4 Å². The summed E-state index contributed by atoms with van der Waals surface area (Å²) in [6.45, 7) is 5.70. The van der Waals surface area contributed by atoms with Crippen molar-refractivity contribution in [2.24, 2.45) is 0 Å². The molecule has 2 aromatic carbocycles. The summed E-state index contributed by atoms with van der Waals surface area (Å²) in [4.78, 5) is 0. The third-order valence-electron chi connectivity index (χ3n) is 3.16. The molecule has 0 aliphatic carbocycles. The fourth-order valence-corrected chi connectivity index (χ4v) is 1.88. The van der Waals surface area contributed by atoms with Crippen molar-refractivity contribution in [2.45, 2.75) is 27.1 Å². The van der Waals surface area contributed by atoms with Gasteiger partial charge in [-0.3, -0.25) is 0 Å². The Kier molecular flexibility index (Phi) is 4.03. The number of hydrogen-bond donors (Lipinski definition) is 2. The number of benzene rings is 2. The standard InChI is InChI=1S/C16H20N2O2/c1-10-9-13(7-8-14(10)17)19-12(3)20-16-6-4-5-15(18)11(16)2/h4-9,12H,17-18H2,1-3H3. The zero-order chi connectivity index (χ0) is 14.7. The van der Waals surface area contributed by atoms with Crippen molar-refractivity contribution < 1.29 is 9.47 Å². The molecule has 0 radical (unpaired) electrons. The lowest BCUT2D eigenvalue weighted by molar-refractivity contribution is 0.0218. The molecule has 0 spiro atoms. The van der Waals surface area contributed by atoms with Crippen LogP contribution in [-0.4, -0.2) is 6.29 Å². The average molecular weight is 272 g/mol. The molecular formula is C16H20N2O2. The molecule has 0 aromatic heterocycles. The van der Waals surface area contributed by atoms with Gasteiger partial charge in [-0.25, -0.2) is 0 Å². The summed E-state index contributed by atoms with van der Waals surface area (Å²) in [6, 6.07) is 11.1. The first-order valence-corrected chi connectivity index (χ1v) is 6.52. The number of rotatable bonds is 4. The second-order valence-electron chi connectivity index (χ2n) is 4.79. The van der Waals surface area contributed by atoms with Gasteiger partial charge in [0.2, 0.25) is 6.29 Å². The van der Waals surface area contributed by atoms with Crippen LogP contribution in [0.5, 0.6) is 11.5 Å². The van der Waals surface area contributed by atoms with Crippen LogP contribution in [0.25, 0.3) is 0 Å². The van der Waals surface area contributed by atoms with E-state index in [1.54, 1.807) is 0 Å². The Hall–Kier alpha value is -2.36. The van der Waals surface area contributed by atoms with E-state index in [0.717, 1.165) is 28.3 Å². The number of ether oxygens (including phenoxy) is 2. The number of aryl methyl sites for hydroxylation is 1. The molecule has 20 heavy (non-hydrogen) atoms. The Morgan fingerprint density at radius 3 is 2.40 bits per heavy atom. The lowest BCUT2D eigenvalue weighted by atomic mass is 10.2. The fourth-order valence-electron chi connectivity index (χ4n) is 1.88. The maximum Gasteiger partial charge on any atom is 0.238 e. The summed E-state index contributed by atoms with van der Waals surface area (Å²) in [6.07, 6.45) is -0.418. The molecule has 2 rings (SSSR count). The molecule has 0 amide bonds. The van der Waals surface area contributed by atoms with Gasteiger partial charge < -0.3 is 20.9 Å². The van der Waals surface area contributed by atoms with E-state index in [1.165, 1.54) is 0 Å². The first-order chi connectivity index (χ1) is 9.47. The van der Waals surface area contributed by atoms with Crippen LogP contribution in [0.1, 0.15) is 18.1 Å². The van der Waals surface area contributed by atoms with Crippen LogP contribution in [0.3, 0.4) is 0 Å². The lowest BCUT2D eigenvalue weighted by Crippen LogP contribution is -2.20. The molecule has 0 aliphatic heterocycles. The highest BCUT2D eigenvalue weighted by Crippen LogP contribution is 2.25. The summed E-state index contributed by atoms with van der Waals surface area (Å²) >= 11 is 0. The highest BCUT2D eigenvalue weighted by atomic mass is 16.7. The monoisotopic (exact) mass is 272 g/mol. The fraction of sp³-hybridized carbons (Fsp3) is 0.250. The van der Waals surface area contributed by atoms with E-state index in [2.05, 4.69) is 0 Å². The van der Waals surface area contributed by atoms with Crippen LogP contribution in [0, 0.1) is 13.8 Å². The number of anilines is 2. The topological polar surface area (TPSA) is 70.5 Å². The van der Waals surface area contributed by atoms with E-state index < -0.39 is 6.29 Å². The normalized spacial score (nSPS) is 11.9. The van der Waals surface area contributed by atoms with Gasteiger partial charge in [0.05, 0.1) is 0 Å². The van der Waals surface area contributed by atoms with Gasteiger partial charge in [-0.1, -0.05) is 6.07 Å². The van der Waals surface area contributed by atoms with Gasteiger partial charge in [0.1, 0.15) is 11.5 Å². The van der Waals surface area contributed by atoms with E-state index >= 15 is 0 Å². The van der Waals surface area contributed by atoms with Crippen molar-refractivity contribution in [3.05, 3.63) is 47.5 Å². The molecule has 1 atom stereocenters. The minimum Gasteiger partial charge on any atom is -0.455 e. The minimum absolute atomic E-state index is 0.418. The largest absolute Gasteiger partial charge is 0.455 e. The molecule has 0 saturated carbocycles. The molecule has 4 N–H and O–H groups in total. The zero-order valence-electron chi connectivity index (χ0n) is 12.0. The van der Waals surface area contributed by atoms with E-state index in [-0.39, 0.29) is 0 Å². The van der Waals surface area contributed by atoms with E-state index in [1.807, 2.05) is 57.2 Å². The van der Waals surface area contributed by atoms with Gasteiger partial charge in [-0.15, -0.1) is 0 Å². The molecule has 4 heteroatoms. The van der Waals surface area contributed by atoms with Crippen molar-refractivity contribution in [3.8, 4) is 11.5 Å². The summed E-state index contributed by atoms with van der Waals surface area (Å²) in [5.74, 6) is 1.45. The first-order valence-electron chi connectivity index (χ1n) is 6.52. The molecule has 2 aromatic rings. The summed E-state index contributed by atoms with van der Waals surface area (Å²) in [7, 11) is 0. The first kappa shape index (κ1) is 14.1. The number of hydrogen-bond acceptors (Lipinski definition) is 4. The number of nitrogen functional groups attached to an aromatic ring is 2. The summed E-state index contributed by atoms with van der Waals surface area (Å²) < 4.78 is 11.5. The smallest absolute Gasteiger partial charge is 0.238 e. The molecule has 0 fully saturated rings. The Morgan fingerprint density at radius 2 is 1.70 bits per heavy atom. The molecule has 1 unspecified atom stereocenters. The van der Waals surface area contributed by atoms with Gasteiger partial charge in [0.15, 0.2) is 0 Å². The Morgan fingerprint density at radius 1 is 0.950 bits per heavy atom. The summed E-state index contributed by atoms with van der Waals surface area (Å²) in [5.41, 5.74) is 15.0. The Balaban J connectivity index is 2.07. The second kappa shape index (κ2) is 5.74. The van der Waals surface area contributed by atoms with Gasteiger partial charge in [-0.05, 0) is 49.7 Å². The molecular weight excluding hydrogens is 252 g/mol. The quantitative estimate of drug-likeness (QED) is 0.662. The molecule has 0 aliphatic rings. The molecule has 0 heterocycles. The molecule has 4 nitrogen and oxygen atoms in total. The maximum atomic E-state index is 5.85. The SMILES string of the molecule is Cc1cc(OC(C)Oc2cccc(N)c2C)ccc1N. The lowest BCUT2D eigenvalue weighted by Gasteiger charge is -2.19. The predicted octanol–water partition coefficient (Wildman–Crippen LogP) is 3.27. The summed E-state index contributed by atoms with van der Waals surface area (Å²) in [5, 5.41) is 0. The third-order valence-corrected chi connectivity index (χ3v) is 3.16. The highest BCUT2D eigenvalue weighted by molar-refractivity contribution is 5.53. The van der Waals surface area contributed by atoms with Crippen molar-refractivity contribution in [1.82, 2.24) is 0 Å². The van der Waals surface area contributed by atoms with Crippen LogP contribution in [0.4, 0.5) is 11.4 Å². The Labute approximate surface area is 119 Å². The molecule has 0 saturated heterocycles. The van der Waals surface area contributed by atoms with E-state index in [4.69, 9.17) is 20.9 Å². The molecule has 106 valence electrons. The van der Waals surface area contributed by atoms with Crippen LogP contribution >= 0.6 is 0 Å². The average Bonchev–Trinajstić information content (AvgIpc) is 2.39. The van der Waals surface area contributed by atoms with Crippen LogP contribution < -0.4 is 20.9 Å². The highest BCUT2D eigenvalue weighted by Gasteiger charge is 2.09. The van der Waals surface area contributed by atoms with Crippen molar-refractivity contribution in [3.63, 3.8) is 0 Å². The maximum absolute atomic E-state index is 5.85. The van der Waals surface area contributed by atoms with Crippen LogP contribution in [0.2, 0.25) is 0 Å². The Bertz CT molecular complexity index is 611. The van der Waals surface area contributed by atoms with Crippen molar-refractivity contribution in [2.75, 3.05) is 11.5 Å².